The number of nitrogens with one attached hydrogen (secondary N) is 1. The third-order valence-corrected chi connectivity index (χ3v) is 3.28. The highest BCUT2D eigenvalue weighted by molar-refractivity contribution is 7.90. The number of hydrogen-bond donors (Lipinski definition) is 1. The summed E-state index contributed by atoms with van der Waals surface area (Å²) in [5.74, 6) is 0.0250. The normalized spacial score (nSPS) is 15.1. The summed E-state index contributed by atoms with van der Waals surface area (Å²) in [4.78, 5) is 0. The van der Waals surface area contributed by atoms with E-state index in [1.54, 1.807) is 7.05 Å². The zero-order valence-corrected chi connectivity index (χ0v) is 10.3. The molecule has 1 unspecified atom stereocenters. The van der Waals surface area contributed by atoms with Gasteiger partial charge in [-0.05, 0) is 26.3 Å². The molecule has 98 valence electrons. The summed E-state index contributed by atoms with van der Waals surface area (Å²) < 4.78 is 57.5. The number of alkyl halides is 3. The standard InChI is InChI=1S/C9H18F3NO2S/c1-13-8(5-6-9(10,11)12)4-3-7-16(2,14)15/h8,13H,3-7H2,1-2H3. The molecule has 0 radical (unpaired) electrons. The first-order valence-electron chi connectivity index (χ1n) is 5.06. The van der Waals surface area contributed by atoms with E-state index in [4.69, 9.17) is 0 Å². The fourth-order valence-corrected chi connectivity index (χ4v) is 2.05. The minimum atomic E-state index is -4.15. The van der Waals surface area contributed by atoms with Crippen LogP contribution in [0, 0.1) is 0 Å². The first-order valence-corrected chi connectivity index (χ1v) is 7.12. The topological polar surface area (TPSA) is 46.2 Å². The Bertz CT molecular complexity index is 288. The largest absolute Gasteiger partial charge is 0.389 e. The van der Waals surface area contributed by atoms with Crippen LogP contribution < -0.4 is 5.32 Å². The van der Waals surface area contributed by atoms with Crippen molar-refractivity contribution in [3.8, 4) is 0 Å². The highest BCUT2D eigenvalue weighted by atomic mass is 32.2. The van der Waals surface area contributed by atoms with Crippen LogP contribution in [0.25, 0.3) is 0 Å². The van der Waals surface area contributed by atoms with Gasteiger partial charge in [0.15, 0.2) is 0 Å². The number of sulfone groups is 1. The molecular weight excluding hydrogens is 243 g/mol. The highest BCUT2D eigenvalue weighted by Gasteiger charge is 2.27. The van der Waals surface area contributed by atoms with E-state index in [0.717, 1.165) is 6.26 Å². The molecule has 0 aromatic rings. The lowest BCUT2D eigenvalue weighted by molar-refractivity contribution is -0.136. The molecule has 16 heavy (non-hydrogen) atoms. The fraction of sp³-hybridized carbons (Fsp3) is 1.00. The van der Waals surface area contributed by atoms with Gasteiger partial charge in [-0.15, -0.1) is 0 Å². The predicted molar refractivity (Wildman–Crippen MR) is 57.1 cm³/mol. The van der Waals surface area contributed by atoms with Crippen molar-refractivity contribution >= 4 is 9.84 Å². The molecule has 0 aliphatic heterocycles. The molecule has 7 heteroatoms. The molecule has 0 aromatic heterocycles. The second kappa shape index (κ2) is 6.44. The van der Waals surface area contributed by atoms with Gasteiger partial charge in [0.25, 0.3) is 0 Å². The third kappa shape index (κ3) is 10.2. The summed E-state index contributed by atoms with van der Waals surface area (Å²) in [6.45, 7) is 0. The zero-order valence-electron chi connectivity index (χ0n) is 9.47. The highest BCUT2D eigenvalue weighted by Crippen LogP contribution is 2.23. The molecule has 1 N–H and O–H groups in total. The quantitative estimate of drug-likeness (QED) is 0.759. The van der Waals surface area contributed by atoms with E-state index in [9.17, 15) is 21.6 Å². The molecule has 0 rings (SSSR count). The predicted octanol–water partition coefficient (Wildman–Crippen LogP) is 1.74. The minimum absolute atomic E-state index is 0.0102. The number of halogens is 3. The monoisotopic (exact) mass is 261 g/mol. The fourth-order valence-electron chi connectivity index (χ4n) is 1.36. The Morgan fingerprint density at radius 2 is 1.81 bits per heavy atom. The molecule has 0 aromatic carbocycles. The van der Waals surface area contributed by atoms with Gasteiger partial charge in [0.05, 0.1) is 0 Å². The van der Waals surface area contributed by atoms with Gasteiger partial charge in [-0.25, -0.2) is 8.42 Å². The van der Waals surface area contributed by atoms with Gasteiger partial charge < -0.3 is 5.32 Å². The SMILES string of the molecule is CNC(CCCS(C)(=O)=O)CCC(F)(F)F. The second-order valence-corrected chi connectivity index (χ2v) is 6.17. The van der Waals surface area contributed by atoms with Crippen molar-refractivity contribution in [1.82, 2.24) is 5.32 Å². The van der Waals surface area contributed by atoms with E-state index in [0.29, 0.717) is 12.8 Å². The van der Waals surface area contributed by atoms with Gasteiger partial charge in [-0.2, -0.15) is 13.2 Å². The average molecular weight is 261 g/mol. The Labute approximate surface area is 94.3 Å². The van der Waals surface area contributed by atoms with E-state index < -0.39 is 22.4 Å². The number of rotatable bonds is 7. The molecule has 0 heterocycles. The Morgan fingerprint density at radius 1 is 1.25 bits per heavy atom. The van der Waals surface area contributed by atoms with Crippen molar-refractivity contribution in [2.45, 2.75) is 37.9 Å². The maximum absolute atomic E-state index is 11.9. The second-order valence-electron chi connectivity index (χ2n) is 3.91. The molecule has 0 spiro atoms. The Morgan fingerprint density at radius 3 is 2.19 bits per heavy atom. The minimum Gasteiger partial charge on any atom is -0.317 e. The van der Waals surface area contributed by atoms with Crippen LogP contribution in [-0.2, 0) is 9.84 Å². The molecule has 0 fully saturated rings. The molecule has 0 aliphatic rings. The van der Waals surface area contributed by atoms with Gasteiger partial charge in [-0.3, -0.25) is 0 Å². The summed E-state index contributed by atoms with van der Waals surface area (Å²) in [6, 6.07) is -0.275. The van der Waals surface area contributed by atoms with Crippen LogP contribution in [0.1, 0.15) is 25.7 Å². The lowest BCUT2D eigenvalue weighted by atomic mass is 10.1. The van der Waals surface area contributed by atoms with Gasteiger partial charge in [-0.1, -0.05) is 0 Å². The Balaban J connectivity index is 3.85. The van der Waals surface area contributed by atoms with Gasteiger partial charge in [0.2, 0.25) is 0 Å². The molecule has 0 saturated carbocycles. The molecule has 0 amide bonds. The smallest absolute Gasteiger partial charge is 0.317 e. The Hall–Kier alpha value is -0.300. The molecule has 1 atom stereocenters. The summed E-state index contributed by atoms with van der Waals surface area (Å²) in [6.07, 6.45) is -3.04. The van der Waals surface area contributed by atoms with E-state index >= 15 is 0 Å². The van der Waals surface area contributed by atoms with Crippen LogP contribution in [0.5, 0.6) is 0 Å². The maximum Gasteiger partial charge on any atom is 0.389 e. The van der Waals surface area contributed by atoms with Crippen molar-refractivity contribution in [2.75, 3.05) is 19.1 Å². The summed E-state index contributed by atoms with van der Waals surface area (Å²) in [5.41, 5.74) is 0. The van der Waals surface area contributed by atoms with Crippen LogP contribution in [0.2, 0.25) is 0 Å². The maximum atomic E-state index is 11.9. The van der Waals surface area contributed by atoms with Crippen LogP contribution >= 0.6 is 0 Å². The molecule has 0 aliphatic carbocycles. The number of hydrogen-bond acceptors (Lipinski definition) is 3. The Kier molecular flexibility index (Phi) is 6.32. The summed E-state index contributed by atoms with van der Waals surface area (Å²) in [7, 11) is -1.44. The lowest BCUT2D eigenvalue weighted by Crippen LogP contribution is -2.27. The van der Waals surface area contributed by atoms with Crippen molar-refractivity contribution in [3.63, 3.8) is 0 Å². The molecule has 0 saturated heterocycles. The third-order valence-electron chi connectivity index (χ3n) is 2.25. The van der Waals surface area contributed by atoms with E-state index in [-0.39, 0.29) is 18.2 Å². The van der Waals surface area contributed by atoms with E-state index in [1.807, 2.05) is 0 Å². The van der Waals surface area contributed by atoms with Crippen LogP contribution in [0.4, 0.5) is 13.2 Å². The lowest BCUT2D eigenvalue weighted by Gasteiger charge is -2.16. The van der Waals surface area contributed by atoms with Crippen molar-refractivity contribution in [2.24, 2.45) is 0 Å². The summed E-state index contributed by atoms with van der Waals surface area (Å²) >= 11 is 0. The molecule has 3 nitrogen and oxygen atoms in total. The van der Waals surface area contributed by atoms with Crippen molar-refractivity contribution in [1.29, 1.82) is 0 Å². The molecular formula is C9H18F3NO2S. The van der Waals surface area contributed by atoms with E-state index in [2.05, 4.69) is 5.32 Å². The summed E-state index contributed by atoms with van der Waals surface area (Å²) in [5, 5.41) is 2.77. The van der Waals surface area contributed by atoms with Crippen LogP contribution in [-0.4, -0.2) is 39.7 Å². The molecule has 0 bridgehead atoms. The average Bonchev–Trinajstić information content (AvgIpc) is 2.07. The van der Waals surface area contributed by atoms with Crippen LogP contribution in [0.3, 0.4) is 0 Å². The van der Waals surface area contributed by atoms with Crippen molar-refractivity contribution < 1.29 is 21.6 Å². The van der Waals surface area contributed by atoms with Gasteiger partial charge in [0, 0.05) is 24.5 Å². The first kappa shape index (κ1) is 15.7. The first-order chi connectivity index (χ1) is 7.14. The van der Waals surface area contributed by atoms with Gasteiger partial charge in [0.1, 0.15) is 9.84 Å². The van der Waals surface area contributed by atoms with E-state index in [1.165, 1.54) is 0 Å². The van der Waals surface area contributed by atoms with Crippen molar-refractivity contribution in [3.05, 3.63) is 0 Å². The zero-order chi connectivity index (χ0) is 12.8. The van der Waals surface area contributed by atoms with Crippen LogP contribution in [0.15, 0.2) is 0 Å². The van der Waals surface area contributed by atoms with Gasteiger partial charge >= 0.3 is 6.18 Å².